The van der Waals surface area contributed by atoms with Gasteiger partial charge in [-0.2, -0.15) is 0 Å². The van der Waals surface area contributed by atoms with Crippen molar-refractivity contribution in [2.24, 2.45) is 0 Å². The summed E-state index contributed by atoms with van der Waals surface area (Å²) < 4.78 is 14.6. The molecule has 1 heterocycles. The second kappa shape index (κ2) is 8.58. The molecule has 29 heavy (non-hydrogen) atoms. The minimum Gasteiger partial charge on any atom is -0.367 e. The number of hydrogen-bond donors (Lipinski definition) is 0. The molecule has 1 saturated heterocycles. The van der Waals surface area contributed by atoms with Crippen molar-refractivity contribution in [1.29, 1.82) is 0 Å². The van der Waals surface area contributed by atoms with Crippen molar-refractivity contribution in [3.8, 4) is 0 Å². The van der Waals surface area contributed by atoms with Crippen molar-refractivity contribution in [1.82, 2.24) is 4.90 Å². The van der Waals surface area contributed by atoms with Gasteiger partial charge in [-0.05, 0) is 36.2 Å². The van der Waals surface area contributed by atoms with Crippen molar-refractivity contribution in [2.75, 3.05) is 31.1 Å². The molecule has 148 valence electrons. The first-order valence-electron chi connectivity index (χ1n) is 10.0. The maximum Gasteiger partial charge on any atom is 0.159 e. The quantitative estimate of drug-likeness (QED) is 0.579. The van der Waals surface area contributed by atoms with E-state index in [4.69, 9.17) is 0 Å². The van der Waals surface area contributed by atoms with Crippen LogP contribution < -0.4 is 4.90 Å². The topological polar surface area (TPSA) is 23.6 Å². The number of benzene rings is 3. The summed E-state index contributed by atoms with van der Waals surface area (Å²) in [5.41, 5.74) is 3.53. The Bertz CT molecular complexity index is 927. The standard InChI is InChI=1S/C25H25FN2O/c1-19(29)22-12-13-24(23(26)18-22)27-14-16-28(17-15-27)25(20-8-4-2-5-9-20)21-10-6-3-7-11-21/h2-13,18,25H,14-17H2,1H3. The van der Waals surface area contributed by atoms with Gasteiger partial charge in [0.15, 0.2) is 5.78 Å². The summed E-state index contributed by atoms with van der Waals surface area (Å²) in [6.07, 6.45) is 0. The highest BCUT2D eigenvalue weighted by Crippen LogP contribution is 2.31. The van der Waals surface area contributed by atoms with Gasteiger partial charge < -0.3 is 4.90 Å². The SMILES string of the molecule is CC(=O)c1ccc(N2CCN(C(c3ccccc3)c3ccccc3)CC2)c(F)c1. The fourth-order valence-electron chi connectivity index (χ4n) is 4.09. The number of Topliss-reactive ketones (excluding diaryl/α,β-unsaturated/α-hetero) is 1. The van der Waals surface area contributed by atoms with E-state index in [0.29, 0.717) is 11.3 Å². The van der Waals surface area contributed by atoms with Crippen LogP contribution in [0.25, 0.3) is 0 Å². The predicted molar refractivity (Wildman–Crippen MR) is 115 cm³/mol. The lowest BCUT2D eigenvalue weighted by atomic mass is 9.96. The summed E-state index contributed by atoms with van der Waals surface area (Å²) in [6, 6.07) is 26.0. The van der Waals surface area contributed by atoms with Gasteiger partial charge in [0.25, 0.3) is 0 Å². The molecule has 0 aromatic heterocycles. The van der Waals surface area contributed by atoms with Gasteiger partial charge in [-0.15, -0.1) is 0 Å². The zero-order valence-corrected chi connectivity index (χ0v) is 16.6. The molecule has 3 aromatic carbocycles. The van der Waals surface area contributed by atoms with Crippen molar-refractivity contribution in [2.45, 2.75) is 13.0 Å². The van der Waals surface area contributed by atoms with Crippen LogP contribution in [0.5, 0.6) is 0 Å². The molecular formula is C25H25FN2O. The van der Waals surface area contributed by atoms with E-state index in [1.165, 1.54) is 24.1 Å². The van der Waals surface area contributed by atoms with Crippen LogP contribution in [0.4, 0.5) is 10.1 Å². The molecule has 1 fully saturated rings. The Labute approximate surface area is 171 Å². The van der Waals surface area contributed by atoms with Gasteiger partial charge in [-0.1, -0.05) is 60.7 Å². The van der Waals surface area contributed by atoms with Gasteiger partial charge in [0.05, 0.1) is 11.7 Å². The normalized spacial score (nSPS) is 14.9. The van der Waals surface area contributed by atoms with E-state index >= 15 is 0 Å². The molecule has 0 aliphatic carbocycles. The van der Waals surface area contributed by atoms with Crippen LogP contribution in [0, 0.1) is 5.82 Å². The Morgan fingerprint density at radius 1 is 0.828 bits per heavy atom. The molecule has 4 rings (SSSR count). The molecule has 0 amide bonds. The molecule has 0 N–H and O–H groups in total. The minimum atomic E-state index is -0.325. The summed E-state index contributed by atoms with van der Waals surface area (Å²) in [7, 11) is 0. The second-order valence-electron chi connectivity index (χ2n) is 7.47. The van der Waals surface area contributed by atoms with Gasteiger partial charge in [-0.25, -0.2) is 4.39 Å². The lowest BCUT2D eigenvalue weighted by Crippen LogP contribution is -2.48. The lowest BCUT2D eigenvalue weighted by molar-refractivity contribution is 0.101. The first-order chi connectivity index (χ1) is 14.1. The first-order valence-corrected chi connectivity index (χ1v) is 10.0. The number of carbonyl (C=O) groups excluding carboxylic acids is 1. The van der Waals surface area contributed by atoms with E-state index in [1.807, 2.05) is 12.1 Å². The Balaban J connectivity index is 1.54. The second-order valence-corrected chi connectivity index (χ2v) is 7.47. The van der Waals surface area contributed by atoms with Gasteiger partial charge in [0, 0.05) is 31.7 Å². The molecule has 1 aliphatic heterocycles. The summed E-state index contributed by atoms with van der Waals surface area (Å²) in [6.45, 7) is 4.62. The molecule has 4 heteroatoms. The third-order valence-electron chi connectivity index (χ3n) is 5.60. The molecule has 1 aliphatic rings. The number of rotatable bonds is 5. The van der Waals surface area contributed by atoms with Crippen LogP contribution in [0.3, 0.4) is 0 Å². The van der Waals surface area contributed by atoms with Crippen LogP contribution in [-0.2, 0) is 0 Å². The molecule has 3 aromatic rings. The molecule has 0 bridgehead atoms. The Morgan fingerprint density at radius 3 is 1.86 bits per heavy atom. The number of halogens is 1. The fourth-order valence-corrected chi connectivity index (χ4v) is 4.09. The number of carbonyl (C=O) groups is 1. The molecule has 0 radical (unpaired) electrons. The zero-order valence-electron chi connectivity index (χ0n) is 16.6. The van der Waals surface area contributed by atoms with Crippen LogP contribution in [-0.4, -0.2) is 36.9 Å². The number of hydrogen-bond acceptors (Lipinski definition) is 3. The third-order valence-corrected chi connectivity index (χ3v) is 5.60. The summed E-state index contributed by atoms with van der Waals surface area (Å²) in [4.78, 5) is 16.0. The Kier molecular flexibility index (Phi) is 5.72. The van der Waals surface area contributed by atoms with E-state index in [-0.39, 0.29) is 17.6 Å². The molecule has 0 atom stereocenters. The Morgan fingerprint density at radius 2 is 1.38 bits per heavy atom. The van der Waals surface area contributed by atoms with E-state index in [2.05, 4.69) is 58.3 Å². The smallest absolute Gasteiger partial charge is 0.159 e. The van der Waals surface area contributed by atoms with Crippen LogP contribution >= 0.6 is 0 Å². The number of nitrogens with zero attached hydrogens (tertiary/aromatic N) is 2. The van der Waals surface area contributed by atoms with Crippen LogP contribution in [0.15, 0.2) is 78.9 Å². The predicted octanol–water partition coefficient (Wildman–Crippen LogP) is 4.94. The highest BCUT2D eigenvalue weighted by Gasteiger charge is 2.27. The highest BCUT2D eigenvalue weighted by atomic mass is 19.1. The molecule has 0 spiro atoms. The maximum absolute atomic E-state index is 14.6. The zero-order chi connectivity index (χ0) is 20.2. The highest BCUT2D eigenvalue weighted by molar-refractivity contribution is 5.94. The summed E-state index contributed by atoms with van der Waals surface area (Å²) in [5.74, 6) is -0.442. The summed E-state index contributed by atoms with van der Waals surface area (Å²) >= 11 is 0. The fraction of sp³-hybridized carbons (Fsp3) is 0.240. The Hall–Kier alpha value is -2.98. The summed E-state index contributed by atoms with van der Waals surface area (Å²) in [5, 5.41) is 0. The lowest BCUT2D eigenvalue weighted by Gasteiger charge is -2.40. The first kappa shape index (κ1) is 19.3. The van der Waals surface area contributed by atoms with Gasteiger partial charge in [0.1, 0.15) is 5.82 Å². The van der Waals surface area contributed by atoms with E-state index in [9.17, 15) is 9.18 Å². The monoisotopic (exact) mass is 388 g/mol. The molecule has 3 nitrogen and oxygen atoms in total. The van der Waals surface area contributed by atoms with E-state index < -0.39 is 0 Å². The average molecular weight is 388 g/mol. The van der Waals surface area contributed by atoms with Crippen LogP contribution in [0.1, 0.15) is 34.5 Å². The third kappa shape index (κ3) is 4.22. The van der Waals surface area contributed by atoms with E-state index in [1.54, 1.807) is 12.1 Å². The maximum atomic E-state index is 14.6. The van der Waals surface area contributed by atoms with Crippen molar-refractivity contribution in [3.63, 3.8) is 0 Å². The van der Waals surface area contributed by atoms with Crippen LogP contribution in [0.2, 0.25) is 0 Å². The van der Waals surface area contributed by atoms with E-state index in [0.717, 1.165) is 26.2 Å². The molecule has 0 unspecified atom stereocenters. The number of anilines is 1. The minimum absolute atomic E-state index is 0.117. The number of piperazine rings is 1. The van der Waals surface area contributed by atoms with Crippen molar-refractivity contribution in [3.05, 3.63) is 101 Å². The van der Waals surface area contributed by atoms with Crippen molar-refractivity contribution >= 4 is 11.5 Å². The van der Waals surface area contributed by atoms with Gasteiger partial charge >= 0.3 is 0 Å². The largest absolute Gasteiger partial charge is 0.367 e. The van der Waals surface area contributed by atoms with Gasteiger partial charge in [0.2, 0.25) is 0 Å². The van der Waals surface area contributed by atoms with Gasteiger partial charge in [-0.3, -0.25) is 9.69 Å². The molecule has 0 saturated carbocycles. The molecular weight excluding hydrogens is 363 g/mol. The average Bonchev–Trinajstić information content (AvgIpc) is 2.76. The number of ketones is 1. The van der Waals surface area contributed by atoms with Crippen molar-refractivity contribution < 1.29 is 9.18 Å².